The number of unbranched alkanes of at least 4 members (excludes halogenated alkanes) is 2. The van der Waals surface area contributed by atoms with Crippen molar-refractivity contribution in [3.63, 3.8) is 0 Å². The van der Waals surface area contributed by atoms with Gasteiger partial charge in [0.1, 0.15) is 0 Å². The Morgan fingerprint density at radius 1 is 0.452 bits per heavy atom. The number of hydrogen-bond acceptors (Lipinski definition) is 12. The van der Waals surface area contributed by atoms with Crippen LogP contribution in [0, 0.1) is 0 Å². The van der Waals surface area contributed by atoms with Gasteiger partial charge in [-0.25, -0.2) is 0 Å². The van der Waals surface area contributed by atoms with Crippen LogP contribution in [0.5, 0.6) is 0 Å². The van der Waals surface area contributed by atoms with E-state index in [1.807, 2.05) is 6.92 Å². The van der Waals surface area contributed by atoms with Crippen LogP contribution in [0.1, 0.15) is 33.1 Å². The second-order valence-electron chi connectivity index (χ2n) is 10.6. The summed E-state index contributed by atoms with van der Waals surface area (Å²) in [7, 11) is 0. The minimum Gasteiger partial charge on any atom is -0.330 e. The first-order chi connectivity index (χ1) is 20.6. The van der Waals surface area contributed by atoms with Crippen LogP contribution in [0.25, 0.3) is 0 Å². The molecule has 0 heterocycles. The van der Waals surface area contributed by atoms with Crippen molar-refractivity contribution < 1.29 is 0 Å². The smallest absolute Gasteiger partial charge is 0.0110 e. The molecule has 12 heteroatoms. The van der Waals surface area contributed by atoms with Crippen LogP contribution in [-0.2, 0) is 0 Å². The number of allylic oxidation sites excluding steroid dienone is 1. The summed E-state index contributed by atoms with van der Waals surface area (Å²) < 4.78 is 0. The molecular weight excluding hydrogens is 528 g/mol. The van der Waals surface area contributed by atoms with Crippen LogP contribution in [0.4, 0.5) is 0 Å². The fourth-order valence-corrected chi connectivity index (χ4v) is 4.59. The quantitative estimate of drug-likeness (QED) is 0.0318. The summed E-state index contributed by atoms with van der Waals surface area (Å²) in [6.07, 6.45) is 5.23. The molecule has 0 spiro atoms. The lowest BCUT2D eigenvalue weighted by Gasteiger charge is -2.30. The van der Waals surface area contributed by atoms with Gasteiger partial charge in [-0.05, 0) is 39.4 Å². The Bertz CT molecular complexity index is 509. The van der Waals surface area contributed by atoms with Crippen LogP contribution in [-0.4, -0.2) is 170 Å². The van der Waals surface area contributed by atoms with E-state index in [0.717, 1.165) is 131 Å². The third-order valence-corrected chi connectivity index (χ3v) is 6.97. The highest BCUT2D eigenvalue weighted by atomic mass is 15.2. The lowest BCUT2D eigenvalue weighted by molar-refractivity contribution is 0.175. The maximum absolute atomic E-state index is 5.83. The van der Waals surface area contributed by atoms with Crippen molar-refractivity contribution in [2.75, 3.05) is 151 Å². The van der Waals surface area contributed by atoms with E-state index in [0.29, 0.717) is 26.2 Å². The summed E-state index contributed by atoms with van der Waals surface area (Å²) in [6.45, 7) is 28.9. The van der Waals surface area contributed by atoms with Crippen LogP contribution in [0.15, 0.2) is 12.7 Å². The van der Waals surface area contributed by atoms with E-state index in [1.54, 1.807) is 6.08 Å². The maximum Gasteiger partial charge on any atom is 0.0110 e. The molecule has 0 atom stereocenters. The van der Waals surface area contributed by atoms with Crippen molar-refractivity contribution in [3.05, 3.63) is 12.7 Å². The number of nitrogens with one attached hydrogen (secondary N) is 3. The van der Waals surface area contributed by atoms with Crippen LogP contribution >= 0.6 is 0 Å². The Morgan fingerprint density at radius 2 is 0.833 bits per heavy atom. The first-order valence-electron chi connectivity index (χ1n) is 16.7. The van der Waals surface area contributed by atoms with Gasteiger partial charge in [0.05, 0.1) is 0 Å². The summed E-state index contributed by atoms with van der Waals surface area (Å²) in [4.78, 5) is 10.0. The molecule has 0 aromatic rings. The van der Waals surface area contributed by atoms with E-state index < -0.39 is 0 Å². The van der Waals surface area contributed by atoms with Crippen LogP contribution in [0.3, 0.4) is 0 Å². The topological polar surface area (TPSA) is 179 Å². The van der Waals surface area contributed by atoms with E-state index in [2.05, 4.69) is 49.1 Å². The molecule has 0 radical (unpaired) electrons. The van der Waals surface area contributed by atoms with Gasteiger partial charge in [-0.1, -0.05) is 19.4 Å². The SMILES string of the molecule is C=CC.CCNCCN(CCN)CCNCCN(CCNCCN)CCN(CCCCCN)CCN(CCN)CCN. The molecule has 0 saturated carbocycles. The van der Waals surface area contributed by atoms with Crippen molar-refractivity contribution in [2.24, 2.45) is 28.7 Å². The molecule has 0 aliphatic carbocycles. The van der Waals surface area contributed by atoms with Gasteiger partial charge in [-0.2, -0.15) is 0 Å². The summed E-state index contributed by atoms with van der Waals surface area (Å²) in [6, 6.07) is 0. The largest absolute Gasteiger partial charge is 0.330 e. The van der Waals surface area contributed by atoms with Gasteiger partial charge < -0.3 is 49.5 Å². The molecule has 0 aromatic carbocycles. The van der Waals surface area contributed by atoms with Gasteiger partial charge in [0.25, 0.3) is 0 Å². The van der Waals surface area contributed by atoms with Gasteiger partial charge in [-0.3, -0.25) is 14.7 Å². The second-order valence-corrected chi connectivity index (χ2v) is 10.6. The zero-order valence-corrected chi connectivity index (χ0v) is 27.8. The van der Waals surface area contributed by atoms with E-state index >= 15 is 0 Å². The lowest BCUT2D eigenvalue weighted by Crippen LogP contribution is -2.45. The minimum atomic E-state index is 0.673. The van der Waals surface area contributed by atoms with Crippen LogP contribution < -0.4 is 44.6 Å². The third kappa shape index (κ3) is 30.7. The lowest BCUT2D eigenvalue weighted by atomic mass is 10.2. The fourth-order valence-electron chi connectivity index (χ4n) is 4.59. The van der Waals surface area contributed by atoms with Crippen molar-refractivity contribution in [3.8, 4) is 0 Å². The molecule has 254 valence electrons. The molecule has 0 bridgehead atoms. The Balaban J connectivity index is 0. The molecule has 0 fully saturated rings. The average Bonchev–Trinajstić information content (AvgIpc) is 2.98. The Hall–Kier alpha value is -0.740. The van der Waals surface area contributed by atoms with Crippen LogP contribution in [0.2, 0.25) is 0 Å². The van der Waals surface area contributed by atoms with E-state index in [-0.39, 0.29) is 0 Å². The first kappa shape index (κ1) is 43.4. The number of likely N-dealkylation sites (N-methyl/N-ethyl adjacent to an activating group) is 1. The number of nitrogens with two attached hydrogens (primary N) is 5. The van der Waals surface area contributed by atoms with Gasteiger partial charge >= 0.3 is 0 Å². The number of hydrogen-bond donors (Lipinski definition) is 8. The maximum atomic E-state index is 5.83. The fraction of sp³-hybridized carbons (Fsp3) is 0.933. The Morgan fingerprint density at radius 3 is 1.24 bits per heavy atom. The van der Waals surface area contributed by atoms with Crippen molar-refractivity contribution >= 4 is 0 Å². The monoisotopic (exact) mass is 603 g/mol. The van der Waals surface area contributed by atoms with Crippen molar-refractivity contribution in [2.45, 2.75) is 33.1 Å². The van der Waals surface area contributed by atoms with E-state index in [1.165, 1.54) is 12.8 Å². The summed E-state index contributed by atoms with van der Waals surface area (Å²) in [5, 5.41) is 10.5. The summed E-state index contributed by atoms with van der Waals surface area (Å²) in [5.41, 5.74) is 28.9. The molecule has 0 rings (SSSR count). The second kappa shape index (κ2) is 36.5. The molecule has 0 aromatic heterocycles. The predicted molar refractivity (Wildman–Crippen MR) is 185 cm³/mol. The Kier molecular flexibility index (Phi) is 37.7. The summed E-state index contributed by atoms with van der Waals surface area (Å²) in [5.74, 6) is 0. The van der Waals surface area contributed by atoms with Crippen molar-refractivity contribution in [1.82, 2.24) is 35.6 Å². The van der Waals surface area contributed by atoms with Gasteiger partial charge in [0, 0.05) is 131 Å². The molecule has 0 aliphatic heterocycles. The van der Waals surface area contributed by atoms with E-state index in [4.69, 9.17) is 28.7 Å². The molecule has 13 N–H and O–H groups in total. The van der Waals surface area contributed by atoms with Gasteiger partial charge in [0.2, 0.25) is 0 Å². The Labute approximate surface area is 260 Å². The molecule has 0 saturated heterocycles. The standard InChI is InChI=1S/C27H68N12.C3H6/c1-2-33-12-20-38(19-10-32)21-14-35-15-23-39(22-13-34-11-7-29)27-25-36(16-5-3-4-6-28)24-26-37(17-8-30)18-9-31;1-3-2/h33-35H,2-32H2,1H3;3H,1H2,2H3. The summed E-state index contributed by atoms with van der Waals surface area (Å²) >= 11 is 0. The molecule has 0 unspecified atom stereocenters. The van der Waals surface area contributed by atoms with Gasteiger partial charge in [-0.15, -0.1) is 6.58 Å². The zero-order valence-electron chi connectivity index (χ0n) is 27.8. The zero-order chi connectivity index (χ0) is 31.5. The molecule has 0 amide bonds. The third-order valence-electron chi connectivity index (χ3n) is 6.97. The highest BCUT2D eigenvalue weighted by Gasteiger charge is 2.12. The minimum absolute atomic E-state index is 0.673. The van der Waals surface area contributed by atoms with Gasteiger partial charge in [0.15, 0.2) is 0 Å². The molecule has 42 heavy (non-hydrogen) atoms. The highest BCUT2D eigenvalue weighted by molar-refractivity contribution is 4.70. The first-order valence-corrected chi connectivity index (χ1v) is 16.7. The molecular formula is C30H74N12. The molecule has 12 nitrogen and oxygen atoms in total. The number of rotatable bonds is 32. The normalized spacial score (nSPS) is 11.6. The van der Waals surface area contributed by atoms with Crippen molar-refractivity contribution in [1.29, 1.82) is 0 Å². The average molecular weight is 603 g/mol. The highest BCUT2D eigenvalue weighted by Crippen LogP contribution is 2.01. The molecule has 0 aliphatic rings. The predicted octanol–water partition coefficient (Wildman–Crippen LogP) is -1.86. The van der Waals surface area contributed by atoms with E-state index in [9.17, 15) is 0 Å². The number of nitrogens with zero attached hydrogens (tertiary/aromatic N) is 4.